The first-order chi connectivity index (χ1) is 10.4. The standard InChI is InChI=1S/C15H14BrN3O2S/c1-8-6-10-11(19(3)15(21)18(10)2)7-9(8)17-14(20)12-4-5-13(16)22-12/h4-7H,1-3H3,(H,17,20). The Morgan fingerprint density at radius 3 is 2.41 bits per heavy atom. The molecule has 0 radical (unpaired) electrons. The van der Waals surface area contributed by atoms with Crippen LogP contribution in [0.25, 0.3) is 11.0 Å². The molecule has 0 saturated heterocycles. The van der Waals surface area contributed by atoms with E-state index in [0.717, 1.165) is 20.4 Å². The summed E-state index contributed by atoms with van der Waals surface area (Å²) in [6.07, 6.45) is 0. The van der Waals surface area contributed by atoms with Crippen LogP contribution < -0.4 is 11.0 Å². The van der Waals surface area contributed by atoms with Gasteiger partial charge in [-0.2, -0.15) is 0 Å². The quantitative estimate of drug-likeness (QED) is 0.742. The molecule has 2 heterocycles. The zero-order chi connectivity index (χ0) is 16.0. The van der Waals surface area contributed by atoms with Crippen molar-refractivity contribution in [2.75, 3.05) is 5.32 Å². The fourth-order valence-corrected chi connectivity index (χ4v) is 3.69. The third-order valence-corrected chi connectivity index (χ3v) is 5.29. The second-order valence-electron chi connectivity index (χ2n) is 5.11. The molecule has 0 aliphatic carbocycles. The molecule has 3 aromatic rings. The lowest BCUT2D eigenvalue weighted by Gasteiger charge is -2.08. The molecule has 2 aromatic heterocycles. The van der Waals surface area contributed by atoms with Crippen molar-refractivity contribution >= 4 is 49.9 Å². The number of benzene rings is 1. The Hall–Kier alpha value is -1.86. The van der Waals surface area contributed by atoms with Crippen LogP contribution in [0.15, 0.2) is 32.8 Å². The molecule has 0 saturated carbocycles. The second kappa shape index (κ2) is 5.40. The van der Waals surface area contributed by atoms with Crippen molar-refractivity contribution in [2.24, 2.45) is 14.1 Å². The number of nitrogens with one attached hydrogen (secondary N) is 1. The predicted molar refractivity (Wildman–Crippen MR) is 92.9 cm³/mol. The highest BCUT2D eigenvalue weighted by atomic mass is 79.9. The molecule has 1 N–H and O–H groups in total. The summed E-state index contributed by atoms with van der Waals surface area (Å²) < 4.78 is 4.09. The molecule has 114 valence electrons. The number of aryl methyl sites for hydroxylation is 3. The fourth-order valence-electron chi connectivity index (χ4n) is 2.40. The van der Waals surface area contributed by atoms with Gasteiger partial charge in [0.2, 0.25) is 0 Å². The number of anilines is 1. The summed E-state index contributed by atoms with van der Waals surface area (Å²) in [7, 11) is 3.47. The molecule has 0 spiro atoms. The number of amides is 1. The Bertz CT molecular complexity index is 952. The summed E-state index contributed by atoms with van der Waals surface area (Å²) >= 11 is 4.73. The highest BCUT2D eigenvalue weighted by Gasteiger charge is 2.14. The first kappa shape index (κ1) is 15.1. The Balaban J connectivity index is 2.04. The summed E-state index contributed by atoms with van der Waals surface area (Å²) in [5.41, 5.74) is 3.18. The van der Waals surface area contributed by atoms with Crippen LogP contribution in [0.3, 0.4) is 0 Å². The number of aromatic nitrogens is 2. The molecule has 0 unspecified atom stereocenters. The van der Waals surface area contributed by atoms with Crippen molar-refractivity contribution in [1.29, 1.82) is 0 Å². The van der Waals surface area contributed by atoms with Crippen molar-refractivity contribution in [1.82, 2.24) is 9.13 Å². The maximum Gasteiger partial charge on any atom is 0.328 e. The number of rotatable bonds is 2. The average Bonchev–Trinajstić information content (AvgIpc) is 3.00. The Kier molecular flexibility index (Phi) is 3.70. The molecule has 1 amide bonds. The van der Waals surface area contributed by atoms with Gasteiger partial charge in [-0.15, -0.1) is 11.3 Å². The molecule has 7 heteroatoms. The van der Waals surface area contributed by atoms with E-state index in [4.69, 9.17) is 0 Å². The number of thiophene rings is 1. The monoisotopic (exact) mass is 379 g/mol. The SMILES string of the molecule is Cc1cc2c(cc1NC(=O)c1ccc(Br)s1)n(C)c(=O)n2C. The first-order valence-electron chi connectivity index (χ1n) is 6.61. The van der Waals surface area contributed by atoms with Crippen LogP contribution in [0.4, 0.5) is 5.69 Å². The van der Waals surface area contributed by atoms with Crippen LogP contribution in [0.5, 0.6) is 0 Å². The Labute approximate surface area is 139 Å². The van der Waals surface area contributed by atoms with Gasteiger partial charge in [-0.25, -0.2) is 4.79 Å². The van der Waals surface area contributed by atoms with Gasteiger partial charge in [0.05, 0.1) is 19.7 Å². The molecule has 1 aromatic carbocycles. The van der Waals surface area contributed by atoms with Gasteiger partial charge >= 0.3 is 5.69 Å². The lowest BCUT2D eigenvalue weighted by molar-refractivity contribution is 0.103. The summed E-state index contributed by atoms with van der Waals surface area (Å²) in [6.45, 7) is 1.91. The summed E-state index contributed by atoms with van der Waals surface area (Å²) in [5.74, 6) is -0.154. The van der Waals surface area contributed by atoms with Gasteiger partial charge in [-0.3, -0.25) is 13.9 Å². The largest absolute Gasteiger partial charge is 0.328 e. The molecule has 0 bridgehead atoms. The van der Waals surface area contributed by atoms with E-state index in [9.17, 15) is 9.59 Å². The van der Waals surface area contributed by atoms with E-state index >= 15 is 0 Å². The summed E-state index contributed by atoms with van der Waals surface area (Å²) in [5, 5.41) is 2.91. The third kappa shape index (κ3) is 2.40. The van der Waals surface area contributed by atoms with Crippen LogP contribution in [-0.2, 0) is 14.1 Å². The van der Waals surface area contributed by atoms with Crippen LogP contribution in [0.2, 0.25) is 0 Å². The van der Waals surface area contributed by atoms with E-state index < -0.39 is 0 Å². The molecular weight excluding hydrogens is 366 g/mol. The molecule has 0 aliphatic rings. The fraction of sp³-hybridized carbons (Fsp3) is 0.200. The van der Waals surface area contributed by atoms with E-state index in [0.29, 0.717) is 10.6 Å². The zero-order valence-electron chi connectivity index (χ0n) is 12.3. The van der Waals surface area contributed by atoms with Gasteiger partial charge < -0.3 is 5.32 Å². The topological polar surface area (TPSA) is 56.0 Å². The van der Waals surface area contributed by atoms with Gasteiger partial charge in [-0.05, 0) is 52.7 Å². The van der Waals surface area contributed by atoms with Gasteiger partial charge in [0.15, 0.2) is 0 Å². The second-order valence-corrected chi connectivity index (χ2v) is 7.58. The normalized spacial score (nSPS) is 11.1. The number of imidazole rings is 1. The van der Waals surface area contributed by atoms with Crippen molar-refractivity contribution in [3.05, 3.63) is 49.0 Å². The molecule has 5 nitrogen and oxygen atoms in total. The van der Waals surface area contributed by atoms with Gasteiger partial charge in [-0.1, -0.05) is 0 Å². The van der Waals surface area contributed by atoms with E-state index in [1.54, 1.807) is 29.3 Å². The van der Waals surface area contributed by atoms with Gasteiger partial charge in [0.25, 0.3) is 5.91 Å². The van der Waals surface area contributed by atoms with E-state index in [2.05, 4.69) is 21.2 Å². The maximum atomic E-state index is 12.3. The maximum absolute atomic E-state index is 12.3. The van der Waals surface area contributed by atoms with E-state index in [-0.39, 0.29) is 11.6 Å². The number of carbonyl (C=O) groups is 1. The molecule has 0 aliphatic heterocycles. The van der Waals surface area contributed by atoms with E-state index in [1.165, 1.54) is 11.3 Å². The number of nitrogens with zero attached hydrogens (tertiary/aromatic N) is 2. The van der Waals surface area contributed by atoms with Crippen molar-refractivity contribution in [3.8, 4) is 0 Å². The van der Waals surface area contributed by atoms with E-state index in [1.807, 2.05) is 25.1 Å². The highest BCUT2D eigenvalue weighted by molar-refractivity contribution is 9.11. The molecule has 3 rings (SSSR count). The highest BCUT2D eigenvalue weighted by Crippen LogP contribution is 2.26. The zero-order valence-corrected chi connectivity index (χ0v) is 14.7. The van der Waals surface area contributed by atoms with Crippen LogP contribution >= 0.6 is 27.3 Å². The average molecular weight is 380 g/mol. The van der Waals surface area contributed by atoms with Crippen LogP contribution in [0, 0.1) is 6.92 Å². The number of halogens is 1. The minimum absolute atomic E-state index is 0.0833. The smallest absolute Gasteiger partial charge is 0.321 e. The summed E-state index contributed by atoms with van der Waals surface area (Å²) in [6, 6.07) is 7.37. The lowest BCUT2D eigenvalue weighted by atomic mass is 10.1. The Morgan fingerprint density at radius 2 is 1.82 bits per heavy atom. The van der Waals surface area contributed by atoms with Crippen molar-refractivity contribution in [2.45, 2.75) is 6.92 Å². The molecular formula is C15H14BrN3O2S. The predicted octanol–water partition coefficient (Wildman–Crippen LogP) is 3.26. The molecule has 0 atom stereocenters. The Morgan fingerprint density at radius 1 is 1.18 bits per heavy atom. The number of fused-ring (bicyclic) bond motifs is 1. The first-order valence-corrected chi connectivity index (χ1v) is 8.22. The molecule has 22 heavy (non-hydrogen) atoms. The molecule has 0 fully saturated rings. The number of carbonyl (C=O) groups excluding carboxylic acids is 1. The number of hydrogen-bond acceptors (Lipinski definition) is 3. The van der Waals surface area contributed by atoms with Gasteiger partial charge in [0, 0.05) is 19.8 Å². The summed E-state index contributed by atoms with van der Waals surface area (Å²) in [4.78, 5) is 24.9. The third-order valence-electron chi connectivity index (χ3n) is 3.66. The van der Waals surface area contributed by atoms with Crippen molar-refractivity contribution in [3.63, 3.8) is 0 Å². The van der Waals surface area contributed by atoms with Crippen LogP contribution in [0.1, 0.15) is 15.2 Å². The van der Waals surface area contributed by atoms with Crippen LogP contribution in [-0.4, -0.2) is 15.0 Å². The minimum atomic E-state index is -0.154. The van der Waals surface area contributed by atoms with Crippen molar-refractivity contribution < 1.29 is 4.79 Å². The lowest BCUT2D eigenvalue weighted by Crippen LogP contribution is -2.19. The number of hydrogen-bond donors (Lipinski definition) is 1. The minimum Gasteiger partial charge on any atom is -0.321 e. The van der Waals surface area contributed by atoms with Gasteiger partial charge in [0.1, 0.15) is 0 Å².